The van der Waals surface area contributed by atoms with E-state index in [0.29, 0.717) is 30.2 Å². The number of hydrogen-bond acceptors (Lipinski definition) is 8. The number of hydrogen-bond donors (Lipinski definition) is 2. The first-order valence-corrected chi connectivity index (χ1v) is 12.8. The van der Waals surface area contributed by atoms with Gasteiger partial charge < -0.3 is 29.9 Å². The number of rotatable bonds is 11. The van der Waals surface area contributed by atoms with Crippen LogP contribution in [0.5, 0.6) is 5.75 Å². The van der Waals surface area contributed by atoms with Crippen LogP contribution in [-0.4, -0.2) is 60.9 Å². The van der Waals surface area contributed by atoms with E-state index in [-0.39, 0.29) is 30.1 Å². The van der Waals surface area contributed by atoms with Crippen molar-refractivity contribution in [3.63, 3.8) is 0 Å². The number of amides is 1. The fourth-order valence-electron chi connectivity index (χ4n) is 4.42. The Bertz CT molecular complexity index is 898. The number of ether oxygens (including phenoxy) is 3. The van der Waals surface area contributed by atoms with E-state index in [9.17, 15) is 9.59 Å². The molecule has 1 aromatic carbocycles. The van der Waals surface area contributed by atoms with Crippen molar-refractivity contribution in [3.8, 4) is 5.75 Å². The lowest BCUT2D eigenvalue weighted by molar-refractivity contribution is -0.150. The third-order valence-corrected chi connectivity index (χ3v) is 6.83. The van der Waals surface area contributed by atoms with E-state index in [1.165, 1.54) is 5.01 Å². The number of carbonyl (C=O) groups is 2. The number of likely N-dealkylation sites (N-methyl/N-ethyl adjacent to an activating group) is 1. The van der Waals surface area contributed by atoms with E-state index < -0.39 is 6.09 Å². The summed E-state index contributed by atoms with van der Waals surface area (Å²) in [5, 5.41) is 1.36. The number of nitrogens with zero attached hydrogens (tertiary/aromatic N) is 2. The Labute approximate surface area is 215 Å². The zero-order chi connectivity index (χ0) is 26.9. The lowest BCUT2D eigenvalue weighted by Gasteiger charge is -2.35. The minimum Gasteiger partial charge on any atom is -0.490 e. The van der Waals surface area contributed by atoms with Gasteiger partial charge in [-0.3, -0.25) is 4.79 Å². The minimum atomic E-state index is -0.432. The van der Waals surface area contributed by atoms with Crippen molar-refractivity contribution in [3.05, 3.63) is 35.5 Å². The first-order chi connectivity index (χ1) is 17.0. The van der Waals surface area contributed by atoms with Crippen molar-refractivity contribution in [1.29, 1.82) is 0 Å². The number of esters is 1. The molecule has 9 heteroatoms. The van der Waals surface area contributed by atoms with Crippen LogP contribution in [0, 0.1) is 5.92 Å². The predicted molar refractivity (Wildman–Crippen MR) is 141 cm³/mol. The van der Waals surface area contributed by atoms with Gasteiger partial charge in [0.1, 0.15) is 12.4 Å². The van der Waals surface area contributed by atoms with E-state index in [1.807, 2.05) is 45.0 Å². The summed E-state index contributed by atoms with van der Waals surface area (Å²) in [5.74, 6) is 6.46. The molecule has 1 saturated carbocycles. The summed E-state index contributed by atoms with van der Waals surface area (Å²) in [6.45, 7) is 8.25. The van der Waals surface area contributed by atoms with Crippen LogP contribution in [0.25, 0.3) is 5.70 Å². The van der Waals surface area contributed by atoms with E-state index in [1.54, 1.807) is 19.0 Å². The van der Waals surface area contributed by atoms with E-state index in [0.717, 1.165) is 37.7 Å². The molecule has 0 saturated heterocycles. The van der Waals surface area contributed by atoms with Crippen LogP contribution < -0.4 is 16.3 Å². The Hall–Kier alpha value is -2.94. The smallest absolute Gasteiger partial charge is 0.410 e. The second-order valence-electron chi connectivity index (χ2n) is 10.0. The first kappa shape index (κ1) is 29.3. The quantitative estimate of drug-likeness (QED) is 0.260. The molecule has 1 aromatic rings. The second kappa shape index (κ2) is 13.4. The average Bonchev–Trinajstić information content (AvgIpc) is 2.84. The summed E-state index contributed by atoms with van der Waals surface area (Å²) in [6, 6.07) is 7.38. The molecular weight excluding hydrogens is 460 g/mol. The monoisotopic (exact) mass is 504 g/mol. The van der Waals surface area contributed by atoms with Crippen LogP contribution in [0.2, 0.25) is 0 Å². The van der Waals surface area contributed by atoms with Gasteiger partial charge in [0.05, 0.1) is 30.0 Å². The van der Waals surface area contributed by atoms with Crippen LogP contribution in [0.1, 0.15) is 71.8 Å². The van der Waals surface area contributed by atoms with Gasteiger partial charge in [-0.25, -0.2) is 10.6 Å². The van der Waals surface area contributed by atoms with E-state index >= 15 is 0 Å². The molecule has 1 unspecified atom stereocenters. The zero-order valence-corrected chi connectivity index (χ0v) is 22.7. The Morgan fingerprint density at radius 2 is 1.75 bits per heavy atom. The Kier molecular flexibility index (Phi) is 10.9. The molecule has 0 spiro atoms. The highest BCUT2D eigenvalue weighted by Gasteiger charge is 2.30. The highest BCUT2D eigenvalue weighted by atomic mass is 16.6. The molecule has 0 bridgehead atoms. The summed E-state index contributed by atoms with van der Waals surface area (Å²) in [5.41, 5.74) is 7.73. The lowest BCUT2D eigenvalue weighted by Crippen LogP contribution is -2.45. The van der Waals surface area contributed by atoms with Crippen molar-refractivity contribution < 1.29 is 23.8 Å². The van der Waals surface area contributed by atoms with E-state index in [2.05, 4.69) is 6.92 Å². The topological polar surface area (TPSA) is 120 Å². The van der Waals surface area contributed by atoms with Gasteiger partial charge in [0.2, 0.25) is 0 Å². The van der Waals surface area contributed by atoms with Crippen molar-refractivity contribution >= 4 is 17.8 Å². The molecule has 1 amide bonds. The predicted octanol–water partition coefficient (Wildman–Crippen LogP) is 4.27. The maximum Gasteiger partial charge on any atom is 0.410 e. The van der Waals surface area contributed by atoms with Gasteiger partial charge >= 0.3 is 12.1 Å². The average molecular weight is 505 g/mol. The number of carbonyl (C=O) groups excluding carboxylic acids is 2. The molecule has 4 N–H and O–H groups in total. The molecular formula is C27H44N4O5. The van der Waals surface area contributed by atoms with Crippen molar-refractivity contribution in [2.75, 3.05) is 27.3 Å². The van der Waals surface area contributed by atoms with Gasteiger partial charge in [-0.05, 0) is 82.7 Å². The van der Waals surface area contributed by atoms with Gasteiger partial charge in [0.25, 0.3) is 0 Å². The highest BCUT2D eigenvalue weighted by Crippen LogP contribution is 2.29. The summed E-state index contributed by atoms with van der Waals surface area (Å²) in [7, 11) is 3.39. The summed E-state index contributed by atoms with van der Waals surface area (Å²) in [6.07, 6.45) is 4.67. The van der Waals surface area contributed by atoms with Crippen molar-refractivity contribution in [2.45, 2.75) is 77.9 Å². The highest BCUT2D eigenvalue weighted by molar-refractivity contribution is 5.72. The molecule has 0 radical (unpaired) electrons. The molecule has 202 valence electrons. The van der Waals surface area contributed by atoms with Gasteiger partial charge in [-0.15, -0.1) is 0 Å². The minimum absolute atomic E-state index is 0.0361. The normalized spacial score (nSPS) is 18.6. The lowest BCUT2D eigenvalue weighted by atomic mass is 9.87. The molecule has 0 heterocycles. The molecule has 2 atom stereocenters. The third-order valence-electron chi connectivity index (χ3n) is 6.83. The molecule has 1 aliphatic carbocycles. The Morgan fingerprint density at radius 1 is 1.08 bits per heavy atom. The first-order valence-electron chi connectivity index (χ1n) is 12.8. The van der Waals surface area contributed by atoms with Crippen molar-refractivity contribution in [1.82, 2.24) is 9.91 Å². The van der Waals surface area contributed by atoms with Gasteiger partial charge in [0.15, 0.2) is 0 Å². The fourth-order valence-corrected chi connectivity index (χ4v) is 4.42. The van der Waals surface area contributed by atoms with Gasteiger partial charge in [0, 0.05) is 19.6 Å². The second-order valence-corrected chi connectivity index (χ2v) is 10.0. The molecule has 0 aliphatic heterocycles. The SMILES string of the molecule is CCCC(C)(C)N(C)C(=O)OC/C(=C(/N)c1ccc(OC2CCC[C@H](C(=O)OCC)C2)cc1)N(C)N. The van der Waals surface area contributed by atoms with Crippen LogP contribution in [0.3, 0.4) is 0 Å². The summed E-state index contributed by atoms with van der Waals surface area (Å²) >= 11 is 0. The molecule has 1 fully saturated rings. The Morgan fingerprint density at radius 3 is 2.33 bits per heavy atom. The maximum atomic E-state index is 12.6. The molecule has 9 nitrogen and oxygen atoms in total. The van der Waals surface area contributed by atoms with E-state index in [4.69, 9.17) is 25.8 Å². The largest absolute Gasteiger partial charge is 0.490 e. The maximum absolute atomic E-state index is 12.6. The van der Waals surface area contributed by atoms with Crippen LogP contribution in [0.4, 0.5) is 4.79 Å². The number of hydrazine groups is 1. The Balaban J connectivity index is 2.05. The van der Waals surface area contributed by atoms with Crippen molar-refractivity contribution in [2.24, 2.45) is 17.5 Å². The van der Waals surface area contributed by atoms with Crippen LogP contribution in [0.15, 0.2) is 30.0 Å². The third kappa shape index (κ3) is 8.05. The van der Waals surface area contributed by atoms with Gasteiger partial charge in [-0.2, -0.15) is 0 Å². The fraction of sp³-hybridized carbons (Fsp3) is 0.630. The molecule has 0 aromatic heterocycles. The van der Waals surface area contributed by atoms with Crippen LogP contribution >= 0.6 is 0 Å². The summed E-state index contributed by atoms with van der Waals surface area (Å²) < 4.78 is 16.9. The van der Waals surface area contributed by atoms with Gasteiger partial charge in [-0.1, -0.05) is 13.3 Å². The summed E-state index contributed by atoms with van der Waals surface area (Å²) in [4.78, 5) is 26.3. The molecule has 1 aliphatic rings. The van der Waals surface area contributed by atoms with Crippen LogP contribution in [-0.2, 0) is 14.3 Å². The molecule has 36 heavy (non-hydrogen) atoms. The zero-order valence-electron chi connectivity index (χ0n) is 22.7. The standard InChI is InChI=1S/C27H44N4O5/c1-7-16-27(3,4)30(5)26(33)35-18-23(31(6)29)24(28)19-12-14-21(15-13-19)36-22-11-9-10-20(17-22)25(32)34-8-2/h12-15,20,22H,7-11,16-18,28-29H2,1-6H3/b24-23-/t20-,22?/m0/s1. The number of nitrogens with two attached hydrogens (primary N) is 2. The molecule has 2 rings (SSSR count). The number of benzene rings is 1.